The Kier molecular flexibility index (Phi) is 6.78. The highest BCUT2D eigenvalue weighted by atomic mass is 32.2. The Balaban J connectivity index is 1.21. The van der Waals surface area contributed by atoms with Gasteiger partial charge in [-0.05, 0) is 42.5 Å². The van der Waals surface area contributed by atoms with Crippen molar-refractivity contribution in [1.82, 2.24) is 14.9 Å². The third-order valence-corrected chi connectivity index (χ3v) is 7.39. The molecule has 0 saturated heterocycles. The summed E-state index contributed by atoms with van der Waals surface area (Å²) in [6.45, 7) is 0.975. The number of benzene rings is 3. The normalized spacial score (nSPS) is 11.1. The number of hydrogen-bond donors (Lipinski definition) is 2. The minimum absolute atomic E-state index is 0.113. The number of para-hydroxylation sites is 2. The van der Waals surface area contributed by atoms with Gasteiger partial charge >= 0.3 is 0 Å². The van der Waals surface area contributed by atoms with Gasteiger partial charge in [-0.25, -0.2) is 9.37 Å². The monoisotopic (exact) mass is 504 g/mol. The first-order valence-electron chi connectivity index (χ1n) is 11.0. The molecule has 0 aliphatic heterocycles. The average Bonchev–Trinajstić information content (AvgIpc) is 3.44. The second kappa shape index (κ2) is 10.3. The standard InChI is InChI=1S/C26H21FN4O2S2/c27-18-11-9-17(10-12-18)25(33)28-13-14-31-15-23(19-5-1-3-7-21(19)31)34-16-24(32)30-26-29-20-6-2-4-8-22(20)35-26/h1-12,15H,13-14,16H2,(H,28,33)(H,29,30,32). The number of thioether (sulfide) groups is 1. The number of aromatic nitrogens is 2. The maximum absolute atomic E-state index is 13.1. The molecule has 5 aromatic rings. The predicted octanol–water partition coefficient (Wildman–Crippen LogP) is 5.55. The molecular formula is C26H21FN4O2S2. The van der Waals surface area contributed by atoms with Crippen LogP contribution >= 0.6 is 23.1 Å². The van der Waals surface area contributed by atoms with Crippen LogP contribution in [0.5, 0.6) is 0 Å². The molecule has 0 aliphatic rings. The Morgan fingerprint density at radius 2 is 1.77 bits per heavy atom. The second-order valence-corrected chi connectivity index (χ2v) is 9.84. The number of hydrogen-bond acceptors (Lipinski definition) is 5. The molecule has 35 heavy (non-hydrogen) atoms. The lowest BCUT2D eigenvalue weighted by molar-refractivity contribution is -0.113. The molecule has 0 unspecified atom stereocenters. The van der Waals surface area contributed by atoms with Crippen molar-refractivity contribution in [2.45, 2.75) is 11.4 Å². The van der Waals surface area contributed by atoms with Gasteiger partial charge in [-0.2, -0.15) is 0 Å². The van der Waals surface area contributed by atoms with E-state index >= 15 is 0 Å². The number of nitrogens with zero attached hydrogens (tertiary/aromatic N) is 2. The van der Waals surface area contributed by atoms with Gasteiger partial charge in [0.1, 0.15) is 5.82 Å². The van der Waals surface area contributed by atoms with Crippen molar-refractivity contribution < 1.29 is 14.0 Å². The maximum atomic E-state index is 13.1. The first-order valence-corrected chi connectivity index (χ1v) is 12.8. The van der Waals surface area contributed by atoms with E-state index < -0.39 is 0 Å². The van der Waals surface area contributed by atoms with Gasteiger partial charge in [0, 0.05) is 40.6 Å². The van der Waals surface area contributed by atoms with Crippen molar-refractivity contribution in [1.29, 1.82) is 0 Å². The fourth-order valence-corrected chi connectivity index (χ4v) is 5.50. The molecule has 0 spiro atoms. The lowest BCUT2D eigenvalue weighted by Crippen LogP contribution is -2.27. The smallest absolute Gasteiger partial charge is 0.251 e. The van der Waals surface area contributed by atoms with Crippen LogP contribution in [0.4, 0.5) is 9.52 Å². The van der Waals surface area contributed by atoms with E-state index in [2.05, 4.69) is 20.2 Å². The van der Waals surface area contributed by atoms with Crippen molar-refractivity contribution in [3.63, 3.8) is 0 Å². The van der Waals surface area contributed by atoms with Crippen LogP contribution in [0.15, 0.2) is 83.9 Å². The Hall–Kier alpha value is -3.69. The molecule has 5 rings (SSSR count). The van der Waals surface area contributed by atoms with Gasteiger partial charge in [-0.1, -0.05) is 41.7 Å². The number of carbonyl (C=O) groups excluding carboxylic acids is 2. The molecule has 0 atom stereocenters. The van der Waals surface area contributed by atoms with E-state index in [1.165, 1.54) is 47.4 Å². The summed E-state index contributed by atoms with van der Waals surface area (Å²) < 4.78 is 16.2. The number of thiazole rings is 1. The van der Waals surface area contributed by atoms with Crippen LogP contribution < -0.4 is 10.6 Å². The molecule has 0 radical (unpaired) electrons. The third kappa shape index (κ3) is 5.36. The Bertz CT molecular complexity index is 1480. The highest BCUT2D eigenvalue weighted by molar-refractivity contribution is 8.00. The molecule has 9 heteroatoms. The van der Waals surface area contributed by atoms with Gasteiger partial charge in [0.2, 0.25) is 5.91 Å². The van der Waals surface area contributed by atoms with Crippen LogP contribution in [0.3, 0.4) is 0 Å². The van der Waals surface area contributed by atoms with Crippen molar-refractivity contribution in [2.24, 2.45) is 0 Å². The van der Waals surface area contributed by atoms with E-state index in [-0.39, 0.29) is 23.4 Å². The van der Waals surface area contributed by atoms with E-state index in [1.807, 2.05) is 54.7 Å². The lowest BCUT2D eigenvalue weighted by Gasteiger charge is -2.07. The second-order valence-electron chi connectivity index (χ2n) is 7.79. The number of nitrogens with one attached hydrogen (secondary N) is 2. The van der Waals surface area contributed by atoms with Crippen molar-refractivity contribution in [3.05, 3.63) is 90.4 Å². The zero-order valence-corrected chi connectivity index (χ0v) is 20.2. The molecule has 2 aromatic heterocycles. The first-order chi connectivity index (χ1) is 17.1. The number of fused-ring (bicyclic) bond motifs is 2. The summed E-state index contributed by atoms with van der Waals surface area (Å²) in [5.74, 6) is -0.482. The largest absolute Gasteiger partial charge is 0.350 e. The highest BCUT2D eigenvalue weighted by Gasteiger charge is 2.13. The number of amides is 2. The zero-order chi connectivity index (χ0) is 24.2. The molecule has 0 saturated carbocycles. The fourth-order valence-electron chi connectivity index (χ4n) is 3.73. The first kappa shape index (κ1) is 23.1. The highest BCUT2D eigenvalue weighted by Crippen LogP contribution is 2.30. The topological polar surface area (TPSA) is 76.0 Å². The number of carbonyl (C=O) groups is 2. The van der Waals surface area contributed by atoms with Gasteiger partial charge in [0.05, 0.1) is 16.0 Å². The third-order valence-electron chi connectivity index (χ3n) is 5.40. The Labute approximate surface area is 209 Å². The van der Waals surface area contributed by atoms with Gasteiger partial charge in [0.25, 0.3) is 5.91 Å². The van der Waals surface area contributed by atoms with E-state index in [0.29, 0.717) is 23.8 Å². The summed E-state index contributed by atoms with van der Waals surface area (Å²) in [7, 11) is 0. The van der Waals surface area contributed by atoms with Gasteiger partial charge in [-0.3, -0.25) is 9.59 Å². The van der Waals surface area contributed by atoms with E-state index in [1.54, 1.807) is 0 Å². The van der Waals surface area contributed by atoms with Crippen molar-refractivity contribution >= 4 is 61.2 Å². The van der Waals surface area contributed by atoms with Crippen LogP contribution in [0.25, 0.3) is 21.1 Å². The van der Waals surface area contributed by atoms with Gasteiger partial charge in [-0.15, -0.1) is 11.8 Å². The summed E-state index contributed by atoms with van der Waals surface area (Å²) in [6.07, 6.45) is 2.00. The molecule has 0 aliphatic carbocycles. The van der Waals surface area contributed by atoms with E-state index in [0.717, 1.165) is 26.0 Å². The number of halogens is 1. The summed E-state index contributed by atoms with van der Waals surface area (Å²) in [5.41, 5.74) is 2.31. The molecule has 2 N–H and O–H groups in total. The summed E-state index contributed by atoms with van der Waals surface area (Å²) in [6, 6.07) is 21.2. The number of anilines is 1. The predicted molar refractivity (Wildman–Crippen MR) is 140 cm³/mol. The van der Waals surface area contributed by atoms with Crippen LogP contribution in [-0.4, -0.2) is 33.7 Å². The van der Waals surface area contributed by atoms with Crippen LogP contribution in [0.1, 0.15) is 10.4 Å². The molecule has 176 valence electrons. The van der Waals surface area contributed by atoms with E-state index in [4.69, 9.17) is 0 Å². The van der Waals surface area contributed by atoms with Gasteiger partial charge in [0.15, 0.2) is 5.13 Å². The average molecular weight is 505 g/mol. The molecule has 3 aromatic carbocycles. The van der Waals surface area contributed by atoms with Gasteiger partial charge < -0.3 is 15.2 Å². The quantitative estimate of drug-likeness (QED) is 0.272. The minimum Gasteiger partial charge on any atom is -0.350 e. The summed E-state index contributed by atoms with van der Waals surface area (Å²) >= 11 is 2.92. The molecular weight excluding hydrogens is 483 g/mol. The fraction of sp³-hybridized carbons (Fsp3) is 0.115. The van der Waals surface area contributed by atoms with Crippen LogP contribution in [-0.2, 0) is 11.3 Å². The minimum atomic E-state index is -0.376. The summed E-state index contributed by atoms with van der Waals surface area (Å²) in [5, 5.41) is 7.41. The van der Waals surface area contributed by atoms with Crippen molar-refractivity contribution in [3.8, 4) is 0 Å². The Morgan fingerprint density at radius 1 is 1.00 bits per heavy atom. The summed E-state index contributed by atoms with van der Waals surface area (Å²) in [4.78, 5) is 30.3. The van der Waals surface area contributed by atoms with Crippen molar-refractivity contribution in [2.75, 3.05) is 17.6 Å². The molecule has 0 fully saturated rings. The lowest BCUT2D eigenvalue weighted by atomic mass is 10.2. The SMILES string of the molecule is O=C(CSc1cn(CCNC(=O)c2ccc(F)cc2)c2ccccc12)Nc1nc2ccccc2s1. The van der Waals surface area contributed by atoms with E-state index in [9.17, 15) is 14.0 Å². The molecule has 0 bridgehead atoms. The Morgan fingerprint density at radius 3 is 2.60 bits per heavy atom. The number of rotatable bonds is 8. The maximum Gasteiger partial charge on any atom is 0.251 e. The van der Waals surface area contributed by atoms with Crippen LogP contribution in [0, 0.1) is 5.82 Å². The molecule has 2 heterocycles. The zero-order valence-electron chi connectivity index (χ0n) is 18.5. The molecule has 6 nitrogen and oxygen atoms in total. The van der Waals surface area contributed by atoms with Crippen LogP contribution in [0.2, 0.25) is 0 Å². The molecule has 2 amide bonds.